The van der Waals surface area contributed by atoms with Crippen molar-refractivity contribution >= 4 is 5.71 Å². The second-order valence-corrected chi connectivity index (χ2v) is 6.20. The lowest BCUT2D eigenvalue weighted by Gasteiger charge is -2.09. The number of aliphatic imine (C=N–C) groups is 1. The fourth-order valence-electron chi connectivity index (χ4n) is 2.90. The van der Waals surface area contributed by atoms with Crippen LogP contribution in [0.1, 0.15) is 62.0 Å². The maximum Gasteiger partial charge on any atom is 0.0890 e. The first-order valence-corrected chi connectivity index (χ1v) is 7.37. The quantitative estimate of drug-likeness (QED) is 0.696. The van der Waals surface area contributed by atoms with E-state index in [4.69, 9.17) is 0 Å². The Balaban J connectivity index is 2.20. The molecule has 1 aromatic carbocycles. The number of hydrogen-bond donors (Lipinski definition) is 1. The van der Waals surface area contributed by atoms with Gasteiger partial charge >= 0.3 is 0 Å². The van der Waals surface area contributed by atoms with Gasteiger partial charge in [0.15, 0.2) is 0 Å². The van der Waals surface area contributed by atoms with Crippen molar-refractivity contribution in [3.63, 3.8) is 0 Å². The van der Waals surface area contributed by atoms with Gasteiger partial charge in [0.25, 0.3) is 0 Å². The van der Waals surface area contributed by atoms with Gasteiger partial charge in [0, 0.05) is 23.9 Å². The highest BCUT2D eigenvalue weighted by molar-refractivity contribution is 6.23. The van der Waals surface area contributed by atoms with E-state index < -0.39 is 0 Å². The average Bonchev–Trinajstić information content (AvgIpc) is 2.94. The van der Waals surface area contributed by atoms with Crippen LogP contribution in [0.3, 0.4) is 0 Å². The normalized spacial score (nSPS) is 15.2. The maximum atomic E-state index is 4.53. The number of nitrogens with zero attached hydrogens (tertiary/aromatic N) is 1. The summed E-state index contributed by atoms with van der Waals surface area (Å²) in [4.78, 5) is 8.09. The van der Waals surface area contributed by atoms with Crippen LogP contribution in [0.25, 0.3) is 11.1 Å². The molecule has 0 radical (unpaired) electrons. The molecular formula is C18H22N2. The first-order chi connectivity index (χ1) is 9.52. The molecule has 3 rings (SSSR count). The number of hydrogen-bond acceptors (Lipinski definition) is 1. The summed E-state index contributed by atoms with van der Waals surface area (Å²) in [5.41, 5.74) is 8.84. The van der Waals surface area contributed by atoms with Gasteiger partial charge in [0.05, 0.1) is 11.4 Å². The number of aromatic nitrogens is 1. The Morgan fingerprint density at radius 2 is 1.65 bits per heavy atom. The molecule has 0 unspecified atom stereocenters. The fourth-order valence-corrected chi connectivity index (χ4v) is 2.90. The molecule has 0 saturated heterocycles. The molecule has 1 heterocycles. The number of rotatable bonds is 2. The predicted octanol–water partition coefficient (Wildman–Crippen LogP) is 4.71. The molecular weight excluding hydrogens is 244 g/mol. The van der Waals surface area contributed by atoms with E-state index in [1.807, 2.05) is 7.05 Å². The third-order valence-electron chi connectivity index (χ3n) is 4.18. The molecule has 1 N–H and O–H groups in total. The van der Waals surface area contributed by atoms with Crippen LogP contribution in [-0.4, -0.2) is 17.7 Å². The van der Waals surface area contributed by atoms with Crippen molar-refractivity contribution in [2.24, 2.45) is 4.99 Å². The largest absolute Gasteiger partial charge is 0.356 e. The van der Waals surface area contributed by atoms with Crippen LogP contribution in [0.2, 0.25) is 0 Å². The highest BCUT2D eigenvalue weighted by atomic mass is 14.8. The minimum absolute atomic E-state index is 0.511. The van der Waals surface area contributed by atoms with Gasteiger partial charge in [-0.15, -0.1) is 0 Å². The lowest BCUT2D eigenvalue weighted by molar-refractivity contribution is 0.831. The second-order valence-electron chi connectivity index (χ2n) is 6.20. The second kappa shape index (κ2) is 4.62. The minimum Gasteiger partial charge on any atom is -0.356 e. The zero-order valence-corrected chi connectivity index (χ0v) is 12.9. The smallest absolute Gasteiger partial charge is 0.0890 e. The molecule has 20 heavy (non-hydrogen) atoms. The van der Waals surface area contributed by atoms with Gasteiger partial charge in [-0.25, -0.2) is 0 Å². The van der Waals surface area contributed by atoms with Crippen LogP contribution in [0.5, 0.6) is 0 Å². The van der Waals surface area contributed by atoms with Crippen LogP contribution >= 0.6 is 0 Å². The van der Waals surface area contributed by atoms with Gasteiger partial charge in [0.1, 0.15) is 0 Å². The van der Waals surface area contributed by atoms with Crippen LogP contribution in [-0.2, 0) is 0 Å². The number of fused-ring (bicyclic) bond motifs is 3. The number of benzene rings is 1. The summed E-state index contributed by atoms with van der Waals surface area (Å²) in [7, 11) is 1.88. The summed E-state index contributed by atoms with van der Waals surface area (Å²) < 4.78 is 0. The van der Waals surface area contributed by atoms with Crippen molar-refractivity contribution in [2.45, 2.75) is 39.5 Å². The minimum atomic E-state index is 0.511. The Hall–Kier alpha value is -1.83. The van der Waals surface area contributed by atoms with Crippen LogP contribution in [0.15, 0.2) is 29.3 Å². The standard InChI is InChI=1S/C18H22N2/c1-10(2)12-6-7-13-14(8-12)17(19-5)18-15(13)9-16(20-18)11(3)4/h6-11,20H,1-5H3. The molecule has 1 aliphatic carbocycles. The Bertz CT molecular complexity index is 687. The van der Waals surface area contributed by atoms with E-state index in [0.29, 0.717) is 11.8 Å². The van der Waals surface area contributed by atoms with E-state index in [1.165, 1.54) is 33.6 Å². The summed E-state index contributed by atoms with van der Waals surface area (Å²) in [5.74, 6) is 1.06. The monoisotopic (exact) mass is 266 g/mol. The molecule has 0 bridgehead atoms. The molecule has 2 aromatic rings. The predicted molar refractivity (Wildman–Crippen MR) is 86.0 cm³/mol. The summed E-state index contributed by atoms with van der Waals surface area (Å²) in [5, 5.41) is 0. The summed E-state index contributed by atoms with van der Waals surface area (Å²) >= 11 is 0. The number of nitrogens with one attached hydrogen (secondary N) is 1. The van der Waals surface area contributed by atoms with E-state index in [1.54, 1.807) is 0 Å². The first-order valence-electron chi connectivity index (χ1n) is 7.37. The topological polar surface area (TPSA) is 28.1 Å². The Morgan fingerprint density at radius 1 is 0.900 bits per heavy atom. The van der Waals surface area contributed by atoms with Crippen molar-refractivity contribution in [3.8, 4) is 11.1 Å². The Morgan fingerprint density at radius 3 is 2.25 bits per heavy atom. The molecule has 104 valence electrons. The molecule has 0 saturated carbocycles. The Labute approximate surface area is 121 Å². The average molecular weight is 266 g/mol. The van der Waals surface area contributed by atoms with Crippen molar-refractivity contribution in [1.82, 2.24) is 4.98 Å². The molecule has 0 fully saturated rings. The van der Waals surface area contributed by atoms with E-state index in [-0.39, 0.29) is 0 Å². The van der Waals surface area contributed by atoms with E-state index >= 15 is 0 Å². The summed E-state index contributed by atoms with van der Waals surface area (Å²) in [6.07, 6.45) is 0. The zero-order valence-electron chi connectivity index (χ0n) is 12.9. The van der Waals surface area contributed by atoms with Gasteiger partial charge in [-0.05, 0) is 35.1 Å². The van der Waals surface area contributed by atoms with E-state index in [9.17, 15) is 0 Å². The summed E-state index contributed by atoms with van der Waals surface area (Å²) in [6, 6.07) is 9.07. The third kappa shape index (κ3) is 1.82. The fraction of sp³-hybridized carbons (Fsp3) is 0.389. The lowest BCUT2D eigenvalue weighted by Crippen LogP contribution is -2.02. The van der Waals surface area contributed by atoms with Gasteiger partial charge in [-0.2, -0.15) is 0 Å². The molecule has 0 spiro atoms. The van der Waals surface area contributed by atoms with Crippen LogP contribution in [0, 0.1) is 0 Å². The molecule has 0 amide bonds. The zero-order chi connectivity index (χ0) is 14.4. The van der Waals surface area contributed by atoms with E-state index in [2.05, 4.69) is 61.9 Å². The number of aromatic amines is 1. The molecule has 0 aliphatic heterocycles. The lowest BCUT2D eigenvalue weighted by atomic mass is 9.96. The highest BCUT2D eigenvalue weighted by Crippen LogP contribution is 2.39. The molecule has 2 nitrogen and oxygen atoms in total. The molecule has 2 heteroatoms. The van der Waals surface area contributed by atoms with Gasteiger partial charge in [-0.3, -0.25) is 4.99 Å². The van der Waals surface area contributed by atoms with Gasteiger partial charge in [0.2, 0.25) is 0 Å². The molecule has 1 aliphatic rings. The van der Waals surface area contributed by atoms with Crippen molar-refractivity contribution in [1.29, 1.82) is 0 Å². The summed E-state index contributed by atoms with van der Waals surface area (Å²) in [6.45, 7) is 8.89. The van der Waals surface area contributed by atoms with Crippen molar-refractivity contribution < 1.29 is 0 Å². The van der Waals surface area contributed by atoms with Crippen LogP contribution < -0.4 is 0 Å². The highest BCUT2D eigenvalue weighted by Gasteiger charge is 2.27. The Kier molecular flexibility index (Phi) is 3.04. The number of H-pyrrole nitrogens is 1. The third-order valence-corrected chi connectivity index (χ3v) is 4.18. The molecule has 1 aromatic heterocycles. The van der Waals surface area contributed by atoms with Crippen molar-refractivity contribution in [3.05, 3.63) is 46.8 Å². The van der Waals surface area contributed by atoms with E-state index in [0.717, 1.165) is 5.71 Å². The van der Waals surface area contributed by atoms with Gasteiger partial charge < -0.3 is 4.98 Å². The van der Waals surface area contributed by atoms with Gasteiger partial charge in [-0.1, -0.05) is 39.8 Å². The molecule has 0 atom stereocenters. The van der Waals surface area contributed by atoms with Crippen LogP contribution in [0.4, 0.5) is 0 Å². The van der Waals surface area contributed by atoms with Crippen molar-refractivity contribution in [2.75, 3.05) is 7.05 Å². The maximum absolute atomic E-state index is 4.53. The first kappa shape index (κ1) is 13.2. The SMILES string of the molecule is CN=C1c2cc(C(C)C)ccc2-c2cc(C(C)C)[nH]c21.